The standard InChI is InChI=1S/C21H27N3O5/c1-8-17(25)13-12(18(26)19(8)27-3)11-7-29-21-10-6-9-14(22(10)2)16(24(11)21)15(13)23-4-5-28-20(9)23/h9-11,14-16,20-21,25-26H,4-7H2,1-3H3/t9-,10-,11+,14-,15-,16-,20-,21-/m1/s1. The van der Waals surface area contributed by atoms with Gasteiger partial charge in [0, 0.05) is 41.2 Å². The first-order valence-corrected chi connectivity index (χ1v) is 10.6. The molecule has 0 amide bonds. The molecule has 6 heterocycles. The number of hydrogen-bond acceptors (Lipinski definition) is 8. The van der Waals surface area contributed by atoms with E-state index in [1.54, 1.807) is 7.11 Å². The molecule has 8 nitrogen and oxygen atoms in total. The van der Waals surface area contributed by atoms with Gasteiger partial charge in [-0.15, -0.1) is 0 Å². The van der Waals surface area contributed by atoms with Gasteiger partial charge in [0.1, 0.15) is 18.2 Å². The maximum absolute atomic E-state index is 11.3. The number of phenols is 2. The van der Waals surface area contributed by atoms with Gasteiger partial charge in [0.05, 0.1) is 38.4 Å². The number of ether oxygens (including phenoxy) is 3. The van der Waals surface area contributed by atoms with Crippen LogP contribution in [-0.4, -0.2) is 89.4 Å². The predicted molar refractivity (Wildman–Crippen MR) is 102 cm³/mol. The highest BCUT2D eigenvalue weighted by Gasteiger charge is 2.69. The molecule has 2 N–H and O–H groups in total. The van der Waals surface area contributed by atoms with E-state index in [2.05, 4.69) is 21.7 Å². The number of piperazine rings is 1. The Morgan fingerprint density at radius 1 is 1.07 bits per heavy atom. The van der Waals surface area contributed by atoms with Crippen molar-refractivity contribution in [2.24, 2.45) is 5.92 Å². The third-order valence-electron chi connectivity index (χ3n) is 8.60. The molecular weight excluding hydrogens is 374 g/mol. The zero-order valence-electron chi connectivity index (χ0n) is 16.9. The molecule has 1 aromatic rings. The summed E-state index contributed by atoms with van der Waals surface area (Å²) in [4.78, 5) is 7.44. The second-order valence-electron chi connectivity index (χ2n) is 9.43. The Labute approximate surface area is 169 Å². The van der Waals surface area contributed by atoms with Crippen molar-refractivity contribution < 1.29 is 24.4 Å². The van der Waals surface area contributed by atoms with E-state index in [9.17, 15) is 10.2 Å². The quantitative estimate of drug-likeness (QED) is 0.673. The summed E-state index contributed by atoms with van der Waals surface area (Å²) in [6, 6.07) is 0.817. The largest absolute Gasteiger partial charge is 0.507 e. The average Bonchev–Trinajstić information content (AvgIpc) is 3.40. The van der Waals surface area contributed by atoms with Crippen molar-refractivity contribution in [3.63, 3.8) is 0 Å². The number of fused-ring (bicyclic) bond motifs is 8. The molecule has 5 saturated heterocycles. The highest BCUT2D eigenvalue weighted by molar-refractivity contribution is 5.65. The van der Waals surface area contributed by atoms with Crippen LogP contribution in [0.15, 0.2) is 0 Å². The third-order valence-corrected chi connectivity index (χ3v) is 8.60. The first kappa shape index (κ1) is 17.1. The summed E-state index contributed by atoms with van der Waals surface area (Å²) in [6.07, 6.45) is 1.14. The van der Waals surface area contributed by atoms with Gasteiger partial charge in [0.25, 0.3) is 0 Å². The van der Waals surface area contributed by atoms with Gasteiger partial charge in [-0.25, -0.2) is 0 Å². The fraction of sp³-hybridized carbons (Fsp3) is 0.714. The Morgan fingerprint density at radius 2 is 1.90 bits per heavy atom. The van der Waals surface area contributed by atoms with Crippen LogP contribution in [0.1, 0.15) is 35.2 Å². The Hall–Kier alpha value is -1.58. The van der Waals surface area contributed by atoms with E-state index in [1.165, 1.54) is 0 Å². The molecular formula is C21H27N3O5. The minimum absolute atomic E-state index is 0.0146. The number of hydrogen-bond donors (Lipinski definition) is 2. The van der Waals surface area contributed by atoms with Crippen LogP contribution in [0, 0.1) is 12.8 Å². The fourth-order valence-corrected chi connectivity index (χ4v) is 7.64. The molecule has 2 bridgehead atoms. The first-order valence-electron chi connectivity index (χ1n) is 10.6. The van der Waals surface area contributed by atoms with Crippen LogP contribution in [0.2, 0.25) is 0 Å². The lowest BCUT2D eigenvalue weighted by molar-refractivity contribution is -0.165. The number of rotatable bonds is 1. The van der Waals surface area contributed by atoms with E-state index >= 15 is 0 Å². The van der Waals surface area contributed by atoms with Crippen LogP contribution in [0.4, 0.5) is 0 Å². The van der Waals surface area contributed by atoms with Crippen molar-refractivity contribution in [1.29, 1.82) is 0 Å². The van der Waals surface area contributed by atoms with Crippen molar-refractivity contribution in [2.75, 3.05) is 33.9 Å². The predicted octanol–water partition coefficient (Wildman–Crippen LogP) is 0.912. The SMILES string of the molecule is COc1c(C)c(O)c2c(c1O)[C@@H]1CO[C@@H]3[C@H]4C[C@@H]5[C@H]([C@H]([C@@H]2N2CCO[C@H]52)N31)N4C. The second kappa shape index (κ2) is 5.36. The molecule has 156 valence electrons. The summed E-state index contributed by atoms with van der Waals surface area (Å²) in [6.45, 7) is 3.91. The number of nitrogens with zero attached hydrogens (tertiary/aromatic N) is 3. The van der Waals surface area contributed by atoms with Crippen LogP contribution in [0.5, 0.6) is 17.2 Å². The van der Waals surface area contributed by atoms with E-state index in [1.807, 2.05) is 6.92 Å². The summed E-state index contributed by atoms with van der Waals surface area (Å²) >= 11 is 0. The van der Waals surface area contributed by atoms with Crippen LogP contribution in [-0.2, 0) is 9.47 Å². The number of aromatic hydroxyl groups is 2. The highest BCUT2D eigenvalue weighted by Crippen LogP contribution is 2.63. The molecule has 5 fully saturated rings. The number of benzene rings is 1. The van der Waals surface area contributed by atoms with Crippen LogP contribution >= 0.6 is 0 Å². The average molecular weight is 401 g/mol. The van der Waals surface area contributed by atoms with E-state index in [0.717, 1.165) is 24.1 Å². The molecule has 0 saturated carbocycles. The molecule has 0 aromatic heterocycles. The molecule has 0 aliphatic carbocycles. The third kappa shape index (κ3) is 1.73. The van der Waals surface area contributed by atoms with E-state index in [-0.39, 0.29) is 42.1 Å². The Morgan fingerprint density at radius 3 is 2.69 bits per heavy atom. The van der Waals surface area contributed by atoms with Crippen molar-refractivity contribution >= 4 is 0 Å². The topological polar surface area (TPSA) is 77.9 Å². The monoisotopic (exact) mass is 401 g/mol. The maximum atomic E-state index is 11.3. The normalized spacial score (nSPS) is 44.8. The van der Waals surface area contributed by atoms with Crippen molar-refractivity contribution in [3.05, 3.63) is 16.7 Å². The zero-order valence-corrected chi connectivity index (χ0v) is 16.9. The zero-order chi connectivity index (χ0) is 19.8. The molecule has 0 spiro atoms. The minimum atomic E-state index is -0.0610. The van der Waals surface area contributed by atoms with Crippen molar-refractivity contribution in [1.82, 2.24) is 14.7 Å². The number of piperidine rings is 1. The number of phenolic OH excluding ortho intramolecular Hbond substituents is 2. The molecule has 7 rings (SSSR count). The Bertz CT molecular complexity index is 924. The van der Waals surface area contributed by atoms with Crippen molar-refractivity contribution in [3.8, 4) is 17.2 Å². The summed E-state index contributed by atoms with van der Waals surface area (Å²) in [5.41, 5.74) is 2.23. The molecule has 8 atom stereocenters. The molecule has 6 aliphatic heterocycles. The van der Waals surface area contributed by atoms with Gasteiger partial charge in [-0.3, -0.25) is 14.7 Å². The van der Waals surface area contributed by atoms with Crippen molar-refractivity contribution in [2.45, 2.75) is 56.0 Å². The molecule has 0 unspecified atom stereocenters. The van der Waals surface area contributed by atoms with Gasteiger partial charge in [0.2, 0.25) is 0 Å². The Kier molecular flexibility index (Phi) is 3.17. The minimum Gasteiger partial charge on any atom is -0.507 e. The van der Waals surface area contributed by atoms with Gasteiger partial charge in [-0.2, -0.15) is 0 Å². The smallest absolute Gasteiger partial charge is 0.167 e. The second-order valence-corrected chi connectivity index (χ2v) is 9.43. The molecule has 6 aliphatic rings. The van der Waals surface area contributed by atoms with Gasteiger partial charge >= 0.3 is 0 Å². The molecule has 1 aromatic carbocycles. The van der Waals surface area contributed by atoms with E-state index in [4.69, 9.17) is 14.2 Å². The maximum Gasteiger partial charge on any atom is 0.167 e. The van der Waals surface area contributed by atoms with E-state index < -0.39 is 0 Å². The summed E-state index contributed by atoms with van der Waals surface area (Å²) < 4.78 is 18.1. The van der Waals surface area contributed by atoms with Crippen LogP contribution in [0.3, 0.4) is 0 Å². The van der Waals surface area contributed by atoms with Crippen LogP contribution < -0.4 is 4.74 Å². The fourth-order valence-electron chi connectivity index (χ4n) is 7.64. The van der Waals surface area contributed by atoms with E-state index in [0.29, 0.717) is 42.5 Å². The number of likely N-dealkylation sites (N-methyl/N-ethyl adjacent to an activating group) is 1. The van der Waals surface area contributed by atoms with Gasteiger partial charge < -0.3 is 24.4 Å². The van der Waals surface area contributed by atoms with Gasteiger partial charge in [0.15, 0.2) is 11.5 Å². The molecule has 0 radical (unpaired) electrons. The first-order chi connectivity index (χ1) is 14.0. The lowest BCUT2D eigenvalue weighted by Gasteiger charge is -2.59. The lowest BCUT2D eigenvalue weighted by Crippen LogP contribution is -2.71. The van der Waals surface area contributed by atoms with Gasteiger partial charge in [-0.05, 0) is 20.4 Å². The summed E-state index contributed by atoms with van der Waals surface area (Å²) in [5.74, 6) is 1.20. The Balaban J connectivity index is 1.54. The molecule has 8 heteroatoms. The molecule has 29 heavy (non-hydrogen) atoms. The van der Waals surface area contributed by atoms with Crippen LogP contribution in [0.25, 0.3) is 0 Å². The number of methoxy groups -OCH3 is 1. The highest BCUT2D eigenvalue weighted by atomic mass is 16.5. The summed E-state index contributed by atoms with van der Waals surface area (Å²) in [7, 11) is 3.76. The lowest BCUT2D eigenvalue weighted by atomic mass is 9.73. The van der Waals surface area contributed by atoms with Gasteiger partial charge in [-0.1, -0.05) is 0 Å². The summed E-state index contributed by atoms with van der Waals surface area (Å²) in [5, 5.41) is 22.6.